The molecule has 0 aromatic heterocycles. The minimum atomic E-state index is -0.434. The summed E-state index contributed by atoms with van der Waals surface area (Å²) in [7, 11) is 0. The van der Waals surface area contributed by atoms with Crippen LogP contribution in [-0.4, -0.2) is 35.3 Å². The number of hydrogen-bond acceptors (Lipinski definition) is 3. The number of hydrogen-bond donors (Lipinski definition) is 2. The number of benzene rings is 1. The lowest BCUT2D eigenvalue weighted by atomic mass is 10.2. The molecule has 1 aromatic rings. The van der Waals surface area contributed by atoms with Gasteiger partial charge in [-0.1, -0.05) is 12.8 Å². The van der Waals surface area contributed by atoms with Gasteiger partial charge in [-0.25, -0.2) is 4.39 Å². The highest BCUT2D eigenvalue weighted by atomic mass is 19.1. The van der Waals surface area contributed by atoms with Gasteiger partial charge in [0.05, 0.1) is 12.2 Å². The highest BCUT2D eigenvalue weighted by Gasteiger charge is 2.38. The van der Waals surface area contributed by atoms with Crippen LogP contribution in [0.5, 0.6) is 0 Å². The molecule has 130 valence electrons. The van der Waals surface area contributed by atoms with Crippen molar-refractivity contribution in [1.29, 1.82) is 0 Å². The molecular formula is C18H24FN3O2. The number of rotatable bonds is 6. The molecule has 3 rings (SSSR count). The SMILES string of the molecule is CC(=O)Nc1ccc(F)c(NCC(=O)N(C2CCCC2)C2CC2)c1. The predicted octanol–water partition coefficient (Wildman–Crippen LogP) is 3.13. The molecule has 0 heterocycles. The molecule has 2 aliphatic rings. The number of nitrogens with zero attached hydrogens (tertiary/aromatic N) is 1. The van der Waals surface area contributed by atoms with Gasteiger partial charge in [-0.2, -0.15) is 0 Å². The van der Waals surface area contributed by atoms with E-state index in [0.717, 1.165) is 25.7 Å². The minimum absolute atomic E-state index is 0.0359. The molecule has 0 atom stereocenters. The van der Waals surface area contributed by atoms with Crippen molar-refractivity contribution >= 4 is 23.2 Å². The quantitative estimate of drug-likeness (QED) is 0.841. The van der Waals surface area contributed by atoms with Crippen molar-refractivity contribution in [3.8, 4) is 0 Å². The average molecular weight is 333 g/mol. The Morgan fingerprint density at radius 1 is 1.17 bits per heavy atom. The van der Waals surface area contributed by atoms with Crippen LogP contribution in [0, 0.1) is 5.82 Å². The van der Waals surface area contributed by atoms with Gasteiger partial charge in [0, 0.05) is 24.7 Å². The van der Waals surface area contributed by atoms with Gasteiger partial charge in [-0.15, -0.1) is 0 Å². The van der Waals surface area contributed by atoms with Crippen molar-refractivity contribution in [1.82, 2.24) is 4.90 Å². The molecule has 2 saturated carbocycles. The van der Waals surface area contributed by atoms with Gasteiger partial charge in [0.25, 0.3) is 0 Å². The molecule has 24 heavy (non-hydrogen) atoms. The summed E-state index contributed by atoms with van der Waals surface area (Å²) in [5, 5.41) is 5.51. The van der Waals surface area contributed by atoms with Crippen LogP contribution in [0.15, 0.2) is 18.2 Å². The van der Waals surface area contributed by atoms with E-state index in [1.165, 1.54) is 38.0 Å². The molecule has 0 bridgehead atoms. The van der Waals surface area contributed by atoms with E-state index in [9.17, 15) is 14.0 Å². The van der Waals surface area contributed by atoms with Crippen LogP contribution in [0.3, 0.4) is 0 Å². The number of carbonyl (C=O) groups is 2. The molecule has 0 saturated heterocycles. The third-order valence-electron chi connectivity index (χ3n) is 4.66. The summed E-state index contributed by atoms with van der Waals surface area (Å²) in [5.41, 5.74) is 0.741. The van der Waals surface area contributed by atoms with Crippen molar-refractivity contribution in [2.45, 2.75) is 57.5 Å². The smallest absolute Gasteiger partial charge is 0.242 e. The first-order valence-electron chi connectivity index (χ1n) is 8.67. The molecule has 1 aromatic carbocycles. The van der Waals surface area contributed by atoms with Gasteiger partial charge in [0.1, 0.15) is 5.82 Å². The number of amides is 2. The van der Waals surface area contributed by atoms with E-state index < -0.39 is 5.82 Å². The van der Waals surface area contributed by atoms with Gasteiger partial charge >= 0.3 is 0 Å². The number of halogens is 1. The average Bonchev–Trinajstić information content (AvgIpc) is 3.21. The van der Waals surface area contributed by atoms with Gasteiger partial charge < -0.3 is 15.5 Å². The van der Waals surface area contributed by atoms with E-state index in [2.05, 4.69) is 10.6 Å². The zero-order chi connectivity index (χ0) is 17.1. The highest BCUT2D eigenvalue weighted by Crippen LogP contribution is 2.34. The second-order valence-corrected chi connectivity index (χ2v) is 6.70. The molecule has 2 N–H and O–H groups in total. The maximum Gasteiger partial charge on any atom is 0.242 e. The predicted molar refractivity (Wildman–Crippen MR) is 91.3 cm³/mol. The largest absolute Gasteiger partial charge is 0.374 e. The summed E-state index contributed by atoms with van der Waals surface area (Å²) in [6, 6.07) is 5.02. The Hall–Kier alpha value is -2.11. The topological polar surface area (TPSA) is 61.4 Å². The van der Waals surface area contributed by atoms with Gasteiger partial charge in [-0.3, -0.25) is 9.59 Å². The molecular weight excluding hydrogens is 309 g/mol. The fourth-order valence-electron chi connectivity index (χ4n) is 3.44. The van der Waals surface area contributed by atoms with E-state index in [-0.39, 0.29) is 24.0 Å². The fourth-order valence-corrected chi connectivity index (χ4v) is 3.44. The Morgan fingerprint density at radius 2 is 1.83 bits per heavy atom. The lowest BCUT2D eigenvalue weighted by Crippen LogP contribution is -2.43. The zero-order valence-corrected chi connectivity index (χ0v) is 14.0. The van der Waals surface area contributed by atoms with Crippen LogP contribution in [-0.2, 0) is 9.59 Å². The molecule has 5 nitrogen and oxygen atoms in total. The number of carbonyl (C=O) groups excluding carboxylic acids is 2. The molecule has 0 radical (unpaired) electrons. The fraction of sp³-hybridized carbons (Fsp3) is 0.556. The van der Waals surface area contributed by atoms with E-state index in [1.54, 1.807) is 0 Å². The van der Waals surface area contributed by atoms with E-state index >= 15 is 0 Å². The van der Waals surface area contributed by atoms with Crippen LogP contribution < -0.4 is 10.6 Å². The Bertz CT molecular complexity index is 625. The zero-order valence-electron chi connectivity index (χ0n) is 14.0. The summed E-state index contributed by atoms with van der Waals surface area (Å²) in [4.78, 5) is 25.8. The molecule has 2 aliphatic carbocycles. The lowest BCUT2D eigenvalue weighted by Gasteiger charge is -2.29. The maximum absolute atomic E-state index is 13.9. The van der Waals surface area contributed by atoms with E-state index in [4.69, 9.17) is 0 Å². The molecule has 2 amide bonds. The molecule has 0 aliphatic heterocycles. The third-order valence-corrected chi connectivity index (χ3v) is 4.66. The Morgan fingerprint density at radius 3 is 2.46 bits per heavy atom. The Kier molecular flexibility index (Phi) is 5.02. The molecule has 0 unspecified atom stereocenters. The van der Waals surface area contributed by atoms with Crippen LogP contribution in [0.25, 0.3) is 0 Å². The van der Waals surface area contributed by atoms with Crippen molar-refractivity contribution in [2.24, 2.45) is 0 Å². The van der Waals surface area contributed by atoms with Crippen molar-refractivity contribution < 1.29 is 14.0 Å². The monoisotopic (exact) mass is 333 g/mol. The second kappa shape index (κ2) is 7.20. The maximum atomic E-state index is 13.9. The molecule has 2 fully saturated rings. The van der Waals surface area contributed by atoms with Crippen LogP contribution in [0.4, 0.5) is 15.8 Å². The third kappa shape index (κ3) is 4.04. The van der Waals surface area contributed by atoms with Gasteiger partial charge in [-0.05, 0) is 43.9 Å². The van der Waals surface area contributed by atoms with Gasteiger partial charge in [0.15, 0.2) is 0 Å². The summed E-state index contributed by atoms with van der Waals surface area (Å²) >= 11 is 0. The first kappa shape index (κ1) is 16.7. The Labute approximate surface area is 141 Å². The number of nitrogens with one attached hydrogen (secondary N) is 2. The van der Waals surface area contributed by atoms with Crippen LogP contribution in [0.1, 0.15) is 45.4 Å². The molecule has 0 spiro atoms. The van der Waals surface area contributed by atoms with Crippen molar-refractivity contribution in [3.05, 3.63) is 24.0 Å². The highest BCUT2D eigenvalue weighted by molar-refractivity contribution is 5.89. The lowest BCUT2D eigenvalue weighted by molar-refractivity contribution is -0.132. The minimum Gasteiger partial charge on any atom is -0.374 e. The van der Waals surface area contributed by atoms with Gasteiger partial charge in [0.2, 0.25) is 11.8 Å². The first-order valence-corrected chi connectivity index (χ1v) is 8.67. The standard InChI is InChI=1S/C18H24FN3O2/c1-12(23)21-13-6-9-16(19)17(10-13)20-11-18(24)22(15-7-8-15)14-4-2-3-5-14/h6,9-10,14-15,20H,2-5,7-8,11H2,1H3,(H,21,23). The summed E-state index contributed by atoms with van der Waals surface area (Å²) in [6.07, 6.45) is 6.68. The van der Waals surface area contributed by atoms with E-state index in [0.29, 0.717) is 17.8 Å². The summed E-state index contributed by atoms with van der Waals surface area (Å²) in [5.74, 6) is -0.616. The summed E-state index contributed by atoms with van der Waals surface area (Å²) in [6.45, 7) is 1.47. The number of anilines is 2. The van der Waals surface area contributed by atoms with Crippen LogP contribution >= 0.6 is 0 Å². The second-order valence-electron chi connectivity index (χ2n) is 6.70. The van der Waals surface area contributed by atoms with E-state index in [1.807, 2.05) is 4.90 Å². The van der Waals surface area contributed by atoms with Crippen LogP contribution in [0.2, 0.25) is 0 Å². The summed E-state index contributed by atoms with van der Waals surface area (Å²) < 4.78 is 13.9. The van der Waals surface area contributed by atoms with Crippen molar-refractivity contribution in [3.63, 3.8) is 0 Å². The van der Waals surface area contributed by atoms with Crippen molar-refractivity contribution in [2.75, 3.05) is 17.2 Å². The molecule has 6 heteroatoms. The Balaban J connectivity index is 1.63. The normalized spacial score (nSPS) is 17.6. The first-order chi connectivity index (χ1) is 11.5.